The Bertz CT molecular complexity index is 934. The van der Waals surface area contributed by atoms with E-state index >= 15 is 0 Å². The Labute approximate surface area is 150 Å². The number of fused-ring (bicyclic) bond motifs is 1. The number of nitrogens with one attached hydrogen (secondary N) is 1. The predicted molar refractivity (Wildman–Crippen MR) is 98.4 cm³/mol. The molecule has 3 aromatic rings. The van der Waals surface area contributed by atoms with Crippen molar-refractivity contribution in [3.63, 3.8) is 0 Å². The first-order valence-corrected chi connectivity index (χ1v) is 8.48. The van der Waals surface area contributed by atoms with Crippen molar-refractivity contribution in [3.8, 4) is 17.0 Å². The molecule has 25 heavy (non-hydrogen) atoms. The van der Waals surface area contributed by atoms with Gasteiger partial charge in [-0.1, -0.05) is 24.6 Å². The highest BCUT2D eigenvalue weighted by Gasteiger charge is 2.23. The van der Waals surface area contributed by atoms with E-state index in [9.17, 15) is 4.79 Å². The first-order valence-electron chi connectivity index (χ1n) is 8.10. The first-order chi connectivity index (χ1) is 12.1. The van der Waals surface area contributed by atoms with E-state index in [0.717, 1.165) is 22.9 Å². The fourth-order valence-corrected chi connectivity index (χ4v) is 3.02. The van der Waals surface area contributed by atoms with Crippen molar-refractivity contribution in [3.05, 3.63) is 46.7 Å². The highest BCUT2D eigenvalue weighted by molar-refractivity contribution is 6.31. The van der Waals surface area contributed by atoms with Crippen LogP contribution in [0.2, 0.25) is 5.02 Å². The van der Waals surface area contributed by atoms with E-state index in [1.165, 1.54) is 13.3 Å². The molecule has 0 atom stereocenters. The molecule has 0 saturated carbocycles. The Morgan fingerprint density at radius 3 is 2.76 bits per heavy atom. The lowest BCUT2D eigenvalue weighted by atomic mass is 10.0. The Hall–Kier alpha value is -2.53. The Morgan fingerprint density at radius 1 is 1.28 bits per heavy atom. The number of carbonyl (C=O) groups is 1. The van der Waals surface area contributed by atoms with Crippen LogP contribution in [0.15, 0.2) is 30.5 Å². The molecule has 0 aliphatic rings. The van der Waals surface area contributed by atoms with Crippen LogP contribution in [-0.2, 0) is 11.2 Å². The number of methoxy groups -OCH3 is 1. The Kier molecular flexibility index (Phi) is 4.95. The zero-order valence-electron chi connectivity index (χ0n) is 14.4. The average Bonchev–Trinajstić information content (AvgIpc) is 3.00. The van der Waals surface area contributed by atoms with Gasteiger partial charge in [-0.25, -0.2) is 9.78 Å². The molecule has 0 radical (unpaired) electrons. The normalized spacial score (nSPS) is 10.9. The Balaban J connectivity index is 2.35. The average molecular weight is 359 g/mol. The number of halogens is 1. The van der Waals surface area contributed by atoms with E-state index in [2.05, 4.69) is 23.0 Å². The van der Waals surface area contributed by atoms with Gasteiger partial charge >= 0.3 is 5.97 Å². The van der Waals surface area contributed by atoms with Gasteiger partial charge in [0.1, 0.15) is 5.69 Å². The number of esters is 1. The van der Waals surface area contributed by atoms with E-state index in [-0.39, 0.29) is 0 Å². The van der Waals surface area contributed by atoms with Gasteiger partial charge in [0, 0.05) is 28.2 Å². The highest BCUT2D eigenvalue weighted by Crippen LogP contribution is 2.39. The monoisotopic (exact) mass is 358 g/mol. The van der Waals surface area contributed by atoms with Gasteiger partial charge in [0.05, 0.1) is 18.7 Å². The van der Waals surface area contributed by atoms with Crippen molar-refractivity contribution >= 4 is 28.5 Å². The van der Waals surface area contributed by atoms with Crippen LogP contribution in [0.3, 0.4) is 0 Å². The number of pyridine rings is 1. The second kappa shape index (κ2) is 7.15. The number of benzene rings is 1. The van der Waals surface area contributed by atoms with Gasteiger partial charge in [-0.15, -0.1) is 0 Å². The van der Waals surface area contributed by atoms with E-state index < -0.39 is 5.97 Å². The molecule has 1 aromatic carbocycles. The molecule has 0 aliphatic carbocycles. The minimum Gasteiger partial charge on any atom is -0.481 e. The van der Waals surface area contributed by atoms with Gasteiger partial charge in [0.25, 0.3) is 0 Å². The van der Waals surface area contributed by atoms with E-state index in [1.54, 1.807) is 13.0 Å². The van der Waals surface area contributed by atoms with Crippen molar-refractivity contribution in [2.75, 3.05) is 13.7 Å². The summed E-state index contributed by atoms with van der Waals surface area (Å²) in [5.74, 6) is -0.0217. The lowest BCUT2D eigenvalue weighted by Crippen LogP contribution is -2.07. The zero-order valence-corrected chi connectivity index (χ0v) is 15.1. The van der Waals surface area contributed by atoms with Gasteiger partial charge in [0.2, 0.25) is 5.88 Å². The zero-order chi connectivity index (χ0) is 18.0. The van der Waals surface area contributed by atoms with Crippen molar-refractivity contribution < 1.29 is 14.3 Å². The molecule has 0 spiro atoms. The van der Waals surface area contributed by atoms with Crippen LogP contribution in [0.5, 0.6) is 5.88 Å². The second-order valence-electron chi connectivity index (χ2n) is 5.54. The molecule has 5 nitrogen and oxygen atoms in total. The van der Waals surface area contributed by atoms with Gasteiger partial charge in [-0.3, -0.25) is 0 Å². The summed E-state index contributed by atoms with van der Waals surface area (Å²) in [7, 11) is 1.54. The molecular formula is C19H19ClN2O3. The SMILES string of the molecule is CCOC(=O)c1[nH]c2ccc(CC)cc2c1-c1cc(Cl)cnc1OC. The molecule has 2 heterocycles. The van der Waals surface area contributed by atoms with E-state index in [4.69, 9.17) is 21.1 Å². The smallest absolute Gasteiger partial charge is 0.355 e. The number of aryl methyl sites for hydroxylation is 1. The number of aromatic nitrogens is 2. The number of nitrogens with zero attached hydrogens (tertiary/aromatic N) is 1. The van der Waals surface area contributed by atoms with Gasteiger partial charge in [0.15, 0.2) is 0 Å². The second-order valence-corrected chi connectivity index (χ2v) is 5.98. The molecule has 6 heteroatoms. The maximum atomic E-state index is 12.5. The highest BCUT2D eigenvalue weighted by atomic mass is 35.5. The summed E-state index contributed by atoms with van der Waals surface area (Å²) in [6, 6.07) is 7.80. The maximum Gasteiger partial charge on any atom is 0.355 e. The van der Waals surface area contributed by atoms with Gasteiger partial charge in [-0.2, -0.15) is 0 Å². The molecule has 0 aliphatic heterocycles. The number of rotatable bonds is 5. The summed E-state index contributed by atoms with van der Waals surface area (Å²) < 4.78 is 10.6. The largest absolute Gasteiger partial charge is 0.481 e. The minimum atomic E-state index is -0.422. The molecule has 0 saturated heterocycles. The van der Waals surface area contributed by atoms with E-state index in [0.29, 0.717) is 34.3 Å². The van der Waals surface area contributed by atoms with E-state index in [1.807, 2.05) is 12.1 Å². The lowest BCUT2D eigenvalue weighted by Gasteiger charge is -2.10. The summed E-state index contributed by atoms with van der Waals surface area (Å²) >= 11 is 6.15. The number of H-pyrrole nitrogens is 1. The van der Waals surface area contributed by atoms with Crippen LogP contribution >= 0.6 is 11.6 Å². The molecule has 1 N–H and O–H groups in total. The van der Waals surface area contributed by atoms with Crippen molar-refractivity contribution in [2.45, 2.75) is 20.3 Å². The van der Waals surface area contributed by atoms with Crippen LogP contribution in [0.1, 0.15) is 29.9 Å². The van der Waals surface area contributed by atoms with Crippen LogP contribution in [0, 0.1) is 0 Å². The summed E-state index contributed by atoms with van der Waals surface area (Å²) in [5.41, 5.74) is 3.72. The maximum absolute atomic E-state index is 12.5. The van der Waals surface area contributed by atoms with Gasteiger partial charge < -0.3 is 14.5 Å². The standard InChI is InChI=1S/C19H19ClN2O3/c1-4-11-6-7-15-13(8-11)16(17(22-15)19(23)25-5-2)14-9-12(20)10-21-18(14)24-3/h6-10,22H,4-5H2,1-3H3. The molecule has 0 bridgehead atoms. The first kappa shape index (κ1) is 17.3. The van der Waals surface area contributed by atoms with Crippen molar-refractivity contribution in [1.29, 1.82) is 0 Å². The molecule has 0 unspecified atom stereocenters. The van der Waals surface area contributed by atoms with Crippen LogP contribution in [0.4, 0.5) is 0 Å². The third-order valence-electron chi connectivity index (χ3n) is 4.03. The van der Waals surface area contributed by atoms with Crippen molar-refractivity contribution in [1.82, 2.24) is 9.97 Å². The molecule has 3 rings (SSSR count). The summed E-state index contributed by atoms with van der Waals surface area (Å²) in [5, 5.41) is 1.37. The number of aromatic amines is 1. The lowest BCUT2D eigenvalue weighted by molar-refractivity contribution is 0.0521. The number of ether oxygens (including phenoxy) is 2. The summed E-state index contributed by atoms with van der Waals surface area (Å²) in [4.78, 5) is 19.9. The van der Waals surface area contributed by atoms with Crippen molar-refractivity contribution in [2.24, 2.45) is 0 Å². The third kappa shape index (κ3) is 3.20. The predicted octanol–water partition coefficient (Wildman–Crippen LogP) is 4.63. The number of hydrogen-bond acceptors (Lipinski definition) is 4. The topological polar surface area (TPSA) is 64.2 Å². The number of hydrogen-bond donors (Lipinski definition) is 1. The fourth-order valence-electron chi connectivity index (χ4n) is 2.86. The van der Waals surface area contributed by atoms with Crippen LogP contribution in [0.25, 0.3) is 22.0 Å². The quantitative estimate of drug-likeness (QED) is 0.675. The molecule has 2 aromatic heterocycles. The molecule has 0 fully saturated rings. The third-order valence-corrected chi connectivity index (χ3v) is 4.24. The molecule has 0 amide bonds. The molecular weight excluding hydrogens is 340 g/mol. The fraction of sp³-hybridized carbons (Fsp3) is 0.263. The number of carbonyl (C=O) groups excluding carboxylic acids is 1. The minimum absolute atomic E-state index is 0.290. The molecule has 130 valence electrons. The summed E-state index contributed by atoms with van der Waals surface area (Å²) in [6.45, 7) is 4.15. The van der Waals surface area contributed by atoms with Crippen LogP contribution in [-0.4, -0.2) is 29.7 Å². The summed E-state index contributed by atoms with van der Waals surface area (Å²) in [6.07, 6.45) is 2.40. The Morgan fingerprint density at radius 2 is 2.08 bits per heavy atom. The van der Waals surface area contributed by atoms with Gasteiger partial charge in [-0.05, 0) is 37.1 Å². The van der Waals surface area contributed by atoms with Crippen LogP contribution < -0.4 is 4.74 Å².